The molecule has 1 aromatic heterocycles. The van der Waals surface area contributed by atoms with Gasteiger partial charge >= 0.3 is 6.03 Å². The molecule has 24 heavy (non-hydrogen) atoms. The second kappa shape index (κ2) is 7.29. The van der Waals surface area contributed by atoms with Crippen LogP contribution >= 0.6 is 0 Å². The van der Waals surface area contributed by atoms with Crippen LogP contribution in [0.15, 0.2) is 42.7 Å². The maximum atomic E-state index is 12.5. The minimum Gasteiger partial charge on any atom is -0.337 e. The van der Waals surface area contributed by atoms with Crippen LogP contribution in [0.5, 0.6) is 0 Å². The first-order valence-corrected chi connectivity index (χ1v) is 8.28. The van der Waals surface area contributed by atoms with Crippen molar-refractivity contribution in [2.45, 2.75) is 19.9 Å². The molecule has 2 heterocycles. The van der Waals surface area contributed by atoms with E-state index >= 15 is 0 Å². The van der Waals surface area contributed by atoms with E-state index in [1.165, 1.54) is 5.56 Å². The van der Waals surface area contributed by atoms with Gasteiger partial charge in [0.2, 0.25) is 5.95 Å². The third kappa shape index (κ3) is 3.64. The van der Waals surface area contributed by atoms with E-state index in [1.54, 1.807) is 18.5 Å². The average Bonchev–Trinajstić information content (AvgIpc) is 2.63. The summed E-state index contributed by atoms with van der Waals surface area (Å²) in [6, 6.07) is 9.93. The van der Waals surface area contributed by atoms with E-state index in [2.05, 4.69) is 39.2 Å². The van der Waals surface area contributed by atoms with Crippen LogP contribution < -0.4 is 10.2 Å². The van der Waals surface area contributed by atoms with E-state index in [-0.39, 0.29) is 12.1 Å². The second-order valence-electron chi connectivity index (χ2n) is 6.05. The fourth-order valence-electron chi connectivity index (χ4n) is 2.99. The van der Waals surface area contributed by atoms with Crippen LogP contribution in [0.2, 0.25) is 0 Å². The maximum Gasteiger partial charge on any atom is 0.317 e. The smallest absolute Gasteiger partial charge is 0.317 e. The minimum absolute atomic E-state index is 0.00538. The van der Waals surface area contributed by atoms with Gasteiger partial charge in [0.25, 0.3) is 0 Å². The van der Waals surface area contributed by atoms with Gasteiger partial charge in [-0.15, -0.1) is 0 Å². The largest absolute Gasteiger partial charge is 0.337 e. The highest BCUT2D eigenvalue weighted by atomic mass is 16.2. The molecule has 0 saturated carbocycles. The van der Waals surface area contributed by atoms with Crippen molar-refractivity contribution in [1.29, 1.82) is 0 Å². The van der Waals surface area contributed by atoms with Gasteiger partial charge in [-0.2, -0.15) is 0 Å². The molecule has 2 aromatic rings. The lowest BCUT2D eigenvalue weighted by atomic mass is 10.0. The Morgan fingerprint density at radius 3 is 2.42 bits per heavy atom. The van der Waals surface area contributed by atoms with Crippen molar-refractivity contribution < 1.29 is 4.79 Å². The van der Waals surface area contributed by atoms with Crippen molar-refractivity contribution in [3.05, 3.63) is 53.9 Å². The maximum absolute atomic E-state index is 12.5. The van der Waals surface area contributed by atoms with Crippen LogP contribution in [0.4, 0.5) is 10.7 Å². The molecule has 1 unspecified atom stereocenters. The third-order valence-electron chi connectivity index (χ3n) is 4.40. The zero-order valence-electron chi connectivity index (χ0n) is 14.1. The van der Waals surface area contributed by atoms with Crippen molar-refractivity contribution in [3.8, 4) is 0 Å². The van der Waals surface area contributed by atoms with Gasteiger partial charge in [0.15, 0.2) is 0 Å². The second-order valence-corrected chi connectivity index (χ2v) is 6.05. The molecule has 6 nitrogen and oxygen atoms in total. The first kappa shape index (κ1) is 16.2. The molecule has 0 radical (unpaired) electrons. The lowest BCUT2D eigenvalue weighted by Gasteiger charge is -2.35. The van der Waals surface area contributed by atoms with E-state index in [0.29, 0.717) is 13.1 Å². The normalized spacial score (nSPS) is 15.9. The lowest BCUT2D eigenvalue weighted by molar-refractivity contribution is 0.191. The SMILES string of the molecule is Cc1ccccc1C(C)NC(=O)N1CCN(c2ncccn2)CC1. The third-order valence-corrected chi connectivity index (χ3v) is 4.40. The summed E-state index contributed by atoms with van der Waals surface area (Å²) in [5.41, 5.74) is 2.35. The molecule has 1 saturated heterocycles. The Bertz CT molecular complexity index is 683. The van der Waals surface area contributed by atoms with Gasteiger partial charge in [-0.3, -0.25) is 0 Å². The minimum atomic E-state index is -0.0145. The number of rotatable bonds is 3. The fourth-order valence-corrected chi connectivity index (χ4v) is 2.99. The van der Waals surface area contributed by atoms with Crippen LogP contribution in [-0.2, 0) is 0 Å². The van der Waals surface area contributed by atoms with Gasteiger partial charge < -0.3 is 15.1 Å². The number of urea groups is 1. The molecule has 1 fully saturated rings. The van der Waals surface area contributed by atoms with E-state index in [9.17, 15) is 4.79 Å². The molecule has 0 aliphatic carbocycles. The van der Waals surface area contributed by atoms with Crippen molar-refractivity contribution in [1.82, 2.24) is 20.2 Å². The summed E-state index contributed by atoms with van der Waals surface area (Å²) in [7, 11) is 0. The van der Waals surface area contributed by atoms with E-state index in [1.807, 2.05) is 24.0 Å². The molecule has 126 valence electrons. The Kier molecular flexibility index (Phi) is 4.93. The molecule has 2 amide bonds. The van der Waals surface area contributed by atoms with E-state index < -0.39 is 0 Å². The number of anilines is 1. The molecule has 0 spiro atoms. The summed E-state index contributed by atoms with van der Waals surface area (Å²) in [5, 5.41) is 3.10. The van der Waals surface area contributed by atoms with Gasteiger partial charge in [-0.25, -0.2) is 14.8 Å². The van der Waals surface area contributed by atoms with Gasteiger partial charge in [0, 0.05) is 38.6 Å². The molecule has 1 N–H and O–H groups in total. The average molecular weight is 325 g/mol. The number of amides is 2. The van der Waals surface area contributed by atoms with Crippen molar-refractivity contribution in [2.24, 2.45) is 0 Å². The van der Waals surface area contributed by atoms with Gasteiger partial charge in [0.05, 0.1) is 6.04 Å². The number of hydrogen-bond donors (Lipinski definition) is 1. The summed E-state index contributed by atoms with van der Waals surface area (Å²) in [6.45, 7) is 6.92. The summed E-state index contributed by atoms with van der Waals surface area (Å²) in [4.78, 5) is 25.0. The monoisotopic (exact) mass is 325 g/mol. The van der Waals surface area contributed by atoms with Gasteiger partial charge in [-0.05, 0) is 31.0 Å². The predicted molar refractivity (Wildman–Crippen MR) is 93.9 cm³/mol. The first-order chi connectivity index (χ1) is 11.6. The highest BCUT2D eigenvalue weighted by molar-refractivity contribution is 5.75. The molecule has 1 atom stereocenters. The molecule has 3 rings (SSSR count). The number of nitrogens with zero attached hydrogens (tertiary/aromatic N) is 4. The summed E-state index contributed by atoms with van der Waals surface area (Å²) in [5.74, 6) is 0.728. The standard InChI is InChI=1S/C18H23N5O/c1-14-6-3-4-7-16(14)15(2)21-18(24)23-12-10-22(11-13-23)17-19-8-5-9-20-17/h3-9,15H,10-13H2,1-2H3,(H,21,24). The first-order valence-electron chi connectivity index (χ1n) is 8.28. The Balaban J connectivity index is 1.55. The number of aryl methyl sites for hydroxylation is 1. The van der Waals surface area contributed by atoms with Crippen molar-refractivity contribution >= 4 is 12.0 Å². The van der Waals surface area contributed by atoms with Crippen LogP contribution in [0.1, 0.15) is 24.1 Å². The van der Waals surface area contributed by atoms with Gasteiger partial charge in [-0.1, -0.05) is 24.3 Å². The topological polar surface area (TPSA) is 61.4 Å². The number of nitrogens with one attached hydrogen (secondary N) is 1. The molecule has 6 heteroatoms. The number of carbonyl (C=O) groups excluding carboxylic acids is 1. The lowest BCUT2D eigenvalue weighted by Crippen LogP contribution is -2.52. The predicted octanol–water partition coefficient (Wildman–Crippen LogP) is 2.38. The van der Waals surface area contributed by atoms with E-state index in [4.69, 9.17) is 0 Å². The molecule has 1 aromatic carbocycles. The highest BCUT2D eigenvalue weighted by Gasteiger charge is 2.23. The summed E-state index contributed by atoms with van der Waals surface area (Å²) >= 11 is 0. The van der Waals surface area contributed by atoms with E-state index in [0.717, 1.165) is 24.6 Å². The van der Waals surface area contributed by atoms with Crippen molar-refractivity contribution in [3.63, 3.8) is 0 Å². The summed E-state index contributed by atoms with van der Waals surface area (Å²) < 4.78 is 0. The zero-order chi connectivity index (χ0) is 16.9. The van der Waals surface area contributed by atoms with Gasteiger partial charge in [0.1, 0.15) is 0 Å². The Morgan fingerprint density at radius 2 is 1.75 bits per heavy atom. The van der Waals surface area contributed by atoms with Crippen molar-refractivity contribution in [2.75, 3.05) is 31.1 Å². The van der Waals surface area contributed by atoms with Crippen LogP contribution in [0.3, 0.4) is 0 Å². The zero-order valence-corrected chi connectivity index (χ0v) is 14.1. The Morgan fingerprint density at radius 1 is 1.08 bits per heavy atom. The number of benzene rings is 1. The molecular weight excluding hydrogens is 302 g/mol. The Hall–Kier alpha value is -2.63. The molecule has 1 aliphatic rings. The quantitative estimate of drug-likeness (QED) is 0.941. The number of carbonyl (C=O) groups is 1. The highest BCUT2D eigenvalue weighted by Crippen LogP contribution is 2.17. The molecule has 0 bridgehead atoms. The number of hydrogen-bond acceptors (Lipinski definition) is 4. The number of aromatic nitrogens is 2. The number of piperazine rings is 1. The molecule has 1 aliphatic heterocycles. The summed E-state index contributed by atoms with van der Waals surface area (Å²) in [6.07, 6.45) is 3.48. The molecular formula is C18H23N5O. The fraction of sp³-hybridized carbons (Fsp3) is 0.389. The van der Waals surface area contributed by atoms with Crippen LogP contribution in [0.25, 0.3) is 0 Å². The Labute approximate surface area is 142 Å². The van der Waals surface area contributed by atoms with Crippen LogP contribution in [-0.4, -0.2) is 47.1 Å². The van der Waals surface area contributed by atoms with Crippen LogP contribution in [0, 0.1) is 6.92 Å².